The second kappa shape index (κ2) is 16.9. The van der Waals surface area contributed by atoms with Crippen molar-refractivity contribution in [2.24, 2.45) is 5.41 Å². The van der Waals surface area contributed by atoms with Gasteiger partial charge in [0.1, 0.15) is 28.5 Å². The van der Waals surface area contributed by atoms with E-state index in [0.717, 1.165) is 48.7 Å². The summed E-state index contributed by atoms with van der Waals surface area (Å²) in [7, 11) is 3.56. The molecule has 1 aliphatic carbocycles. The van der Waals surface area contributed by atoms with Crippen LogP contribution in [-0.2, 0) is 27.2 Å². The number of methoxy groups -OCH3 is 1. The van der Waals surface area contributed by atoms with E-state index in [9.17, 15) is 9.59 Å². The average Bonchev–Trinajstić information content (AvgIpc) is 3.94. The fourth-order valence-electron chi connectivity index (χ4n) is 9.23. The number of nitrogens with zero attached hydrogens (tertiary/aromatic N) is 5. The van der Waals surface area contributed by atoms with Crippen molar-refractivity contribution in [1.82, 2.24) is 19.8 Å². The average molecular weight is 852 g/mol. The van der Waals surface area contributed by atoms with Gasteiger partial charge in [-0.1, -0.05) is 48.5 Å². The summed E-state index contributed by atoms with van der Waals surface area (Å²) in [5, 5.41) is 10.6. The number of carbonyl (C=O) groups is 2. The van der Waals surface area contributed by atoms with E-state index in [0.29, 0.717) is 55.2 Å². The minimum absolute atomic E-state index is 0.0102. The number of benzene rings is 4. The lowest BCUT2D eigenvalue weighted by molar-refractivity contribution is -0.136. The number of aryl methyl sites for hydroxylation is 1. The summed E-state index contributed by atoms with van der Waals surface area (Å²) >= 11 is 0. The predicted octanol–water partition coefficient (Wildman–Crippen LogP) is 9.00. The third-order valence-corrected chi connectivity index (χ3v) is 12.3. The molecule has 0 spiro atoms. The molecule has 4 aromatic carbocycles. The number of halogens is 2. The van der Waals surface area contributed by atoms with Gasteiger partial charge in [0.15, 0.2) is 12.6 Å². The molecule has 5 aromatic rings. The number of carbonyl (C=O) groups excluding carboxylic acids is 1. The molecule has 2 bridgehead atoms. The molecule has 0 unspecified atom stereocenters. The zero-order valence-corrected chi connectivity index (χ0v) is 36.3. The second-order valence-corrected chi connectivity index (χ2v) is 18.6. The summed E-state index contributed by atoms with van der Waals surface area (Å²) < 4.78 is 57.4. The number of fused-ring (bicyclic) bond motifs is 4. The van der Waals surface area contributed by atoms with Crippen LogP contribution in [0.15, 0.2) is 66.7 Å². The molecule has 8 rings (SSSR count). The molecule has 2 aliphatic heterocycles. The SMILES string of the molecule is COCOc1cc(-c2c(F)cc3c(N4C[C@H]5CC[C@@](C)(C4)N5C(=O)OC(C)(C)C)nc(OCC4(CN(C)Cc5ccc(CCC(=O)O)cc5)CC4)nc3c2F)c2ccccc2c1. The van der Waals surface area contributed by atoms with E-state index in [1.54, 1.807) is 12.1 Å². The summed E-state index contributed by atoms with van der Waals surface area (Å²) in [6, 6.07) is 19.9. The molecule has 2 saturated heterocycles. The molecule has 62 heavy (non-hydrogen) atoms. The van der Waals surface area contributed by atoms with Crippen LogP contribution in [0.5, 0.6) is 11.8 Å². The molecule has 1 saturated carbocycles. The Labute approximate surface area is 360 Å². The van der Waals surface area contributed by atoms with Crippen LogP contribution in [0.2, 0.25) is 0 Å². The van der Waals surface area contributed by atoms with Crippen molar-refractivity contribution in [3.05, 3.63) is 89.5 Å². The summed E-state index contributed by atoms with van der Waals surface area (Å²) in [5.41, 5.74) is 0.617. The first-order valence-corrected chi connectivity index (χ1v) is 21.3. The molecule has 3 heterocycles. The van der Waals surface area contributed by atoms with Gasteiger partial charge in [-0.25, -0.2) is 13.6 Å². The van der Waals surface area contributed by atoms with Gasteiger partial charge in [0.2, 0.25) is 0 Å². The van der Waals surface area contributed by atoms with Crippen molar-refractivity contribution in [2.45, 2.75) is 89.9 Å². The third kappa shape index (κ3) is 9.12. The number of ether oxygens (including phenoxy) is 4. The summed E-state index contributed by atoms with van der Waals surface area (Å²) in [6.07, 6.45) is 3.53. The van der Waals surface area contributed by atoms with Gasteiger partial charge >= 0.3 is 18.1 Å². The topological polar surface area (TPSA) is 127 Å². The number of hydrogen-bond donors (Lipinski definition) is 1. The Bertz CT molecular complexity index is 2490. The van der Waals surface area contributed by atoms with Crippen LogP contribution in [0, 0.1) is 17.0 Å². The van der Waals surface area contributed by atoms with Crippen molar-refractivity contribution in [3.63, 3.8) is 0 Å². The Morgan fingerprint density at radius 3 is 2.40 bits per heavy atom. The highest BCUT2D eigenvalue weighted by Crippen LogP contribution is 2.48. The standard InChI is InChI=1S/C48H55F2N5O7/c1-46(2,3)62-45(58)55-33-17-18-47(55,4)26-54(25-33)43-37-23-38(49)40(36-22-34(61-29-59-6)21-32-9-7-8-10-35(32)36)41(50)42(37)51-44(52-43)60-28-48(19-20-48)27-53(5)24-31-13-11-30(12-14-31)15-16-39(56)57/h7-14,21-23,33H,15-20,24-29H2,1-6H3,(H,56,57)/t33-,47+/m1/s1. The fourth-order valence-corrected chi connectivity index (χ4v) is 9.23. The van der Waals surface area contributed by atoms with Crippen LogP contribution in [-0.4, -0.2) is 101 Å². The monoisotopic (exact) mass is 851 g/mol. The highest BCUT2D eigenvalue weighted by molar-refractivity contribution is 6.01. The lowest BCUT2D eigenvalue weighted by atomic mass is 9.95. The molecular formula is C48H55F2N5O7. The van der Waals surface area contributed by atoms with E-state index in [1.165, 1.54) is 13.2 Å². The van der Waals surface area contributed by atoms with Gasteiger partial charge in [0.05, 0.1) is 23.8 Å². The highest BCUT2D eigenvalue weighted by Gasteiger charge is 2.52. The molecule has 328 valence electrons. The Morgan fingerprint density at radius 2 is 1.71 bits per heavy atom. The first kappa shape index (κ1) is 43.1. The Balaban J connectivity index is 1.13. The number of carboxylic acids is 1. The molecule has 3 aliphatic rings. The minimum atomic E-state index is -0.848. The molecule has 1 aromatic heterocycles. The van der Waals surface area contributed by atoms with Crippen molar-refractivity contribution in [1.29, 1.82) is 0 Å². The number of aromatic nitrogens is 2. The maximum absolute atomic E-state index is 17.4. The van der Waals surface area contributed by atoms with Crippen LogP contribution < -0.4 is 14.4 Å². The molecule has 1 N–H and O–H groups in total. The first-order valence-electron chi connectivity index (χ1n) is 21.3. The Kier molecular flexibility index (Phi) is 11.8. The van der Waals surface area contributed by atoms with Crippen molar-refractivity contribution in [3.8, 4) is 22.9 Å². The molecule has 3 fully saturated rings. The van der Waals surface area contributed by atoms with E-state index in [-0.39, 0.29) is 53.2 Å². The van der Waals surface area contributed by atoms with Crippen LogP contribution in [0.3, 0.4) is 0 Å². The largest absolute Gasteiger partial charge is 0.481 e. The Morgan fingerprint density at radius 1 is 0.968 bits per heavy atom. The van der Waals surface area contributed by atoms with E-state index in [4.69, 9.17) is 29.0 Å². The first-order chi connectivity index (χ1) is 29.5. The fraction of sp³-hybridized carbons (Fsp3) is 0.458. The number of rotatable bonds is 15. The number of carboxylic acid groups (broad SMARTS) is 1. The van der Waals surface area contributed by atoms with Gasteiger partial charge < -0.3 is 33.9 Å². The predicted molar refractivity (Wildman–Crippen MR) is 233 cm³/mol. The van der Waals surface area contributed by atoms with E-state index >= 15 is 8.78 Å². The lowest BCUT2D eigenvalue weighted by Gasteiger charge is -2.47. The summed E-state index contributed by atoms with van der Waals surface area (Å²) in [5.74, 6) is -1.71. The zero-order valence-electron chi connectivity index (χ0n) is 36.3. The van der Waals surface area contributed by atoms with Crippen molar-refractivity contribution in [2.75, 3.05) is 52.1 Å². The minimum Gasteiger partial charge on any atom is -0.481 e. The molecular weight excluding hydrogens is 797 g/mol. The number of piperazine rings is 1. The van der Waals surface area contributed by atoms with Gasteiger partial charge in [-0.05, 0) is 113 Å². The van der Waals surface area contributed by atoms with Crippen molar-refractivity contribution < 1.29 is 42.4 Å². The van der Waals surface area contributed by atoms with Gasteiger partial charge in [-0.3, -0.25) is 9.69 Å². The maximum Gasteiger partial charge on any atom is 0.411 e. The number of hydrogen-bond acceptors (Lipinski definition) is 10. The molecule has 14 heteroatoms. The molecule has 2 atom stereocenters. The smallest absolute Gasteiger partial charge is 0.411 e. The number of aliphatic carboxylic acids is 1. The lowest BCUT2D eigenvalue weighted by Crippen LogP contribution is -2.63. The van der Waals surface area contributed by atoms with Crippen LogP contribution >= 0.6 is 0 Å². The molecule has 12 nitrogen and oxygen atoms in total. The maximum atomic E-state index is 17.4. The molecule has 1 amide bonds. The van der Waals surface area contributed by atoms with Gasteiger partial charge in [0.25, 0.3) is 0 Å². The highest BCUT2D eigenvalue weighted by atomic mass is 19.1. The van der Waals surface area contributed by atoms with Crippen LogP contribution in [0.4, 0.5) is 19.4 Å². The van der Waals surface area contributed by atoms with E-state index < -0.39 is 28.7 Å². The van der Waals surface area contributed by atoms with E-state index in [2.05, 4.69) is 16.9 Å². The zero-order chi connectivity index (χ0) is 44.0. The van der Waals surface area contributed by atoms with Gasteiger partial charge in [-0.2, -0.15) is 9.97 Å². The quantitative estimate of drug-likeness (QED) is 0.101. The van der Waals surface area contributed by atoms with Gasteiger partial charge in [0, 0.05) is 50.5 Å². The van der Waals surface area contributed by atoms with Crippen LogP contribution in [0.25, 0.3) is 32.8 Å². The Hall–Kier alpha value is -5.60. The van der Waals surface area contributed by atoms with E-state index in [1.807, 2.05) is 86.0 Å². The summed E-state index contributed by atoms with van der Waals surface area (Å²) in [6.45, 7) is 9.98. The molecule has 0 radical (unpaired) electrons. The van der Waals surface area contributed by atoms with Crippen molar-refractivity contribution >= 4 is 39.6 Å². The second-order valence-electron chi connectivity index (χ2n) is 18.6. The third-order valence-electron chi connectivity index (χ3n) is 12.3. The van der Waals surface area contributed by atoms with Gasteiger partial charge in [-0.15, -0.1) is 0 Å². The summed E-state index contributed by atoms with van der Waals surface area (Å²) in [4.78, 5) is 40.2. The van der Waals surface area contributed by atoms with Crippen LogP contribution in [0.1, 0.15) is 70.9 Å². The normalized spacial score (nSPS) is 19.3. The number of anilines is 1. The number of amides is 1.